The molecule has 0 spiro atoms. The fourth-order valence-electron chi connectivity index (χ4n) is 3.47. The number of rotatable bonds is 4. The van der Waals surface area contributed by atoms with Gasteiger partial charge in [-0.25, -0.2) is 4.68 Å². The molecular weight excluding hydrogens is 373 g/mol. The lowest BCUT2D eigenvalue weighted by Gasteiger charge is -2.34. The predicted octanol–water partition coefficient (Wildman–Crippen LogP) is 3.55. The first kappa shape index (κ1) is 17.4. The van der Waals surface area contributed by atoms with E-state index in [2.05, 4.69) is 20.5 Å². The fraction of sp³-hybridized carbons (Fsp3) is 0.444. The molecule has 0 radical (unpaired) electrons. The molecule has 0 saturated heterocycles. The molecule has 7 nitrogen and oxygen atoms in total. The second-order valence-corrected chi connectivity index (χ2v) is 7.49. The van der Waals surface area contributed by atoms with Crippen LogP contribution >= 0.6 is 0 Å². The van der Waals surface area contributed by atoms with E-state index >= 15 is 0 Å². The molecule has 0 amide bonds. The predicted molar refractivity (Wildman–Crippen MR) is 91.3 cm³/mol. The number of halogens is 3. The molecule has 2 aliphatic carbocycles. The molecule has 10 heteroatoms. The van der Waals surface area contributed by atoms with E-state index in [0.29, 0.717) is 22.9 Å². The third-order valence-corrected chi connectivity index (χ3v) is 5.41. The number of benzene rings is 1. The summed E-state index contributed by atoms with van der Waals surface area (Å²) in [6.45, 7) is 0. The zero-order chi connectivity index (χ0) is 19.5. The molecule has 2 saturated carbocycles. The van der Waals surface area contributed by atoms with Crippen LogP contribution in [0.2, 0.25) is 0 Å². The van der Waals surface area contributed by atoms with Gasteiger partial charge in [0.1, 0.15) is 0 Å². The van der Waals surface area contributed by atoms with E-state index in [1.165, 1.54) is 10.7 Å². The molecule has 2 fully saturated rings. The molecule has 0 atom stereocenters. The Morgan fingerprint density at radius 3 is 2.64 bits per heavy atom. The van der Waals surface area contributed by atoms with Gasteiger partial charge in [-0.15, -0.1) is 5.10 Å². The van der Waals surface area contributed by atoms with Crippen LogP contribution in [0.25, 0.3) is 17.3 Å². The Morgan fingerprint density at radius 1 is 1.21 bits per heavy atom. The van der Waals surface area contributed by atoms with Gasteiger partial charge in [-0.2, -0.15) is 18.2 Å². The van der Waals surface area contributed by atoms with Crippen molar-refractivity contribution in [3.8, 4) is 17.3 Å². The number of nitrogens with two attached hydrogens (primary N) is 1. The smallest absolute Gasteiger partial charge is 0.332 e. The molecule has 2 heterocycles. The van der Waals surface area contributed by atoms with Crippen LogP contribution in [0, 0.1) is 0 Å². The van der Waals surface area contributed by atoms with Gasteiger partial charge in [0.05, 0.1) is 22.5 Å². The molecule has 0 aliphatic heterocycles. The zero-order valence-electron chi connectivity index (χ0n) is 14.8. The molecule has 0 unspecified atom stereocenters. The molecule has 3 aromatic rings. The Hall–Kier alpha value is -2.75. The van der Waals surface area contributed by atoms with Crippen LogP contribution in [0.3, 0.4) is 0 Å². The van der Waals surface area contributed by atoms with Crippen LogP contribution in [-0.4, -0.2) is 25.1 Å². The maximum atomic E-state index is 13.1. The Balaban J connectivity index is 1.57. The van der Waals surface area contributed by atoms with Crippen LogP contribution in [-0.2, 0) is 11.7 Å². The second kappa shape index (κ2) is 5.87. The lowest BCUT2D eigenvalue weighted by molar-refractivity contribution is -0.137. The van der Waals surface area contributed by atoms with Crippen LogP contribution in [0.1, 0.15) is 55.1 Å². The van der Waals surface area contributed by atoms with Crippen LogP contribution in [0.15, 0.2) is 28.8 Å². The van der Waals surface area contributed by atoms with Gasteiger partial charge in [-0.3, -0.25) is 0 Å². The number of hydrogen-bond acceptors (Lipinski definition) is 6. The van der Waals surface area contributed by atoms with Crippen molar-refractivity contribution in [1.82, 2.24) is 25.1 Å². The van der Waals surface area contributed by atoms with Gasteiger partial charge in [-0.1, -0.05) is 16.4 Å². The van der Waals surface area contributed by atoms with Gasteiger partial charge in [0.25, 0.3) is 5.89 Å². The number of hydrogen-bond donors (Lipinski definition) is 1. The first-order valence-electron chi connectivity index (χ1n) is 9.12. The molecule has 146 valence electrons. The van der Waals surface area contributed by atoms with Crippen molar-refractivity contribution in [2.75, 3.05) is 0 Å². The van der Waals surface area contributed by atoms with Crippen molar-refractivity contribution in [1.29, 1.82) is 0 Å². The minimum absolute atomic E-state index is 0.144. The van der Waals surface area contributed by atoms with Gasteiger partial charge in [0, 0.05) is 5.92 Å². The SMILES string of the molecule is NC1(c2noc(-c3nnn(-c4cccc(C(F)(F)F)c4)c3C3CC3)n2)CCC1. The van der Waals surface area contributed by atoms with E-state index in [1.54, 1.807) is 6.07 Å². The Bertz CT molecular complexity index is 1030. The molecule has 2 aromatic heterocycles. The van der Waals surface area contributed by atoms with Crippen LogP contribution < -0.4 is 5.73 Å². The average Bonchev–Trinajstić information content (AvgIpc) is 3.18. The van der Waals surface area contributed by atoms with Crippen molar-refractivity contribution >= 4 is 0 Å². The summed E-state index contributed by atoms with van der Waals surface area (Å²) in [5.74, 6) is 0.779. The summed E-state index contributed by atoms with van der Waals surface area (Å²) < 4.78 is 46.1. The number of aromatic nitrogens is 5. The summed E-state index contributed by atoms with van der Waals surface area (Å²) in [4.78, 5) is 4.41. The normalized spacial score (nSPS) is 18.9. The van der Waals surface area contributed by atoms with E-state index in [1.807, 2.05) is 0 Å². The van der Waals surface area contributed by atoms with Gasteiger partial charge >= 0.3 is 6.18 Å². The highest BCUT2D eigenvalue weighted by Gasteiger charge is 2.40. The Labute approximate surface area is 157 Å². The summed E-state index contributed by atoms with van der Waals surface area (Å²) in [7, 11) is 0. The maximum Gasteiger partial charge on any atom is 0.416 e. The highest BCUT2D eigenvalue weighted by atomic mass is 19.4. The number of nitrogens with zero attached hydrogens (tertiary/aromatic N) is 5. The summed E-state index contributed by atoms with van der Waals surface area (Å²) in [6, 6.07) is 5.02. The highest BCUT2D eigenvalue weighted by Crippen LogP contribution is 2.45. The summed E-state index contributed by atoms with van der Waals surface area (Å²) >= 11 is 0. The quantitative estimate of drug-likeness (QED) is 0.732. The minimum atomic E-state index is -4.43. The van der Waals surface area contributed by atoms with Crippen molar-refractivity contribution in [3.63, 3.8) is 0 Å². The van der Waals surface area contributed by atoms with Gasteiger partial charge in [-0.05, 0) is 50.3 Å². The van der Waals surface area contributed by atoms with Gasteiger partial charge < -0.3 is 10.3 Å². The van der Waals surface area contributed by atoms with Crippen LogP contribution in [0.5, 0.6) is 0 Å². The Kier molecular flexibility index (Phi) is 3.64. The molecule has 2 aliphatic rings. The molecule has 2 N–H and O–H groups in total. The lowest BCUT2D eigenvalue weighted by atomic mass is 9.77. The first-order chi connectivity index (χ1) is 13.4. The van der Waals surface area contributed by atoms with Crippen molar-refractivity contribution in [2.24, 2.45) is 5.73 Å². The second-order valence-electron chi connectivity index (χ2n) is 7.49. The van der Waals surface area contributed by atoms with Crippen molar-refractivity contribution < 1.29 is 17.7 Å². The highest BCUT2D eigenvalue weighted by molar-refractivity contribution is 5.55. The van der Waals surface area contributed by atoms with E-state index in [4.69, 9.17) is 10.3 Å². The Morgan fingerprint density at radius 2 is 2.00 bits per heavy atom. The fourth-order valence-corrected chi connectivity index (χ4v) is 3.47. The standard InChI is InChI=1S/C18H17F3N6O/c19-18(20,21)11-3-1-4-12(9-11)27-14(10-5-6-10)13(24-26-27)15-23-16(25-28-15)17(22)7-2-8-17/h1,3-4,9-10H,2,5-8,22H2. The molecule has 28 heavy (non-hydrogen) atoms. The average molecular weight is 390 g/mol. The number of alkyl halides is 3. The van der Waals surface area contributed by atoms with Gasteiger partial charge in [0.2, 0.25) is 0 Å². The third kappa shape index (κ3) is 2.79. The monoisotopic (exact) mass is 390 g/mol. The third-order valence-electron chi connectivity index (χ3n) is 5.41. The molecule has 0 bridgehead atoms. The zero-order valence-corrected chi connectivity index (χ0v) is 14.8. The van der Waals surface area contributed by atoms with E-state index in [0.717, 1.165) is 44.2 Å². The lowest BCUT2D eigenvalue weighted by Crippen LogP contribution is -2.44. The maximum absolute atomic E-state index is 13.1. The van der Waals surface area contributed by atoms with E-state index < -0.39 is 17.3 Å². The van der Waals surface area contributed by atoms with Crippen molar-refractivity contribution in [2.45, 2.75) is 49.7 Å². The topological polar surface area (TPSA) is 95.6 Å². The van der Waals surface area contributed by atoms with Crippen LogP contribution in [0.4, 0.5) is 13.2 Å². The summed E-state index contributed by atoms with van der Waals surface area (Å²) in [5, 5.41) is 12.2. The molecular formula is C18H17F3N6O. The summed E-state index contributed by atoms with van der Waals surface area (Å²) in [6.07, 6.45) is -0.0305. The first-order valence-corrected chi connectivity index (χ1v) is 9.12. The van der Waals surface area contributed by atoms with E-state index in [9.17, 15) is 13.2 Å². The van der Waals surface area contributed by atoms with Gasteiger partial charge in [0.15, 0.2) is 11.5 Å². The molecule has 1 aromatic carbocycles. The largest absolute Gasteiger partial charge is 0.416 e. The van der Waals surface area contributed by atoms with E-state index in [-0.39, 0.29) is 11.8 Å². The minimum Gasteiger partial charge on any atom is -0.332 e. The van der Waals surface area contributed by atoms with Crippen molar-refractivity contribution in [3.05, 3.63) is 41.3 Å². The summed E-state index contributed by atoms with van der Waals surface area (Å²) in [5.41, 5.74) is 6.33. The molecule has 5 rings (SSSR count).